The number of benzene rings is 1. The van der Waals surface area contributed by atoms with Crippen LogP contribution in [-0.4, -0.2) is 12.4 Å². The summed E-state index contributed by atoms with van der Waals surface area (Å²) in [6, 6.07) is 1.95. The zero-order valence-corrected chi connectivity index (χ0v) is 13.9. The van der Waals surface area contributed by atoms with Gasteiger partial charge in [-0.15, -0.1) is 0 Å². The fourth-order valence-corrected chi connectivity index (χ4v) is 2.57. The molecule has 0 amide bonds. The van der Waals surface area contributed by atoms with Crippen LogP contribution < -0.4 is 4.74 Å². The largest absolute Gasteiger partial charge is 0.493 e. The Labute approximate surface area is 127 Å². The lowest BCUT2D eigenvalue weighted by molar-refractivity contribution is -0.121. The van der Waals surface area contributed by atoms with E-state index in [-0.39, 0.29) is 5.92 Å². The van der Waals surface area contributed by atoms with Gasteiger partial charge in [0.25, 0.3) is 0 Å². The molecule has 0 unspecified atom stereocenters. The molecule has 2 nitrogen and oxygen atoms in total. The van der Waals surface area contributed by atoms with Crippen molar-refractivity contribution in [1.82, 2.24) is 0 Å². The van der Waals surface area contributed by atoms with Gasteiger partial charge in [-0.1, -0.05) is 25.4 Å². The summed E-state index contributed by atoms with van der Waals surface area (Å²) in [5.41, 5.74) is 3.28. The first kappa shape index (κ1) is 17.0. The van der Waals surface area contributed by atoms with E-state index in [4.69, 9.17) is 16.3 Å². The van der Waals surface area contributed by atoms with Gasteiger partial charge in [-0.25, -0.2) is 0 Å². The number of carbonyl (C=O) groups is 1. The molecule has 0 heterocycles. The number of halogens is 1. The van der Waals surface area contributed by atoms with Crippen molar-refractivity contribution < 1.29 is 9.53 Å². The van der Waals surface area contributed by atoms with Gasteiger partial charge in [-0.05, 0) is 56.4 Å². The Morgan fingerprint density at radius 2 is 2.00 bits per heavy atom. The SMILES string of the molecule is CCOc1c(C)cc(Cl)c(C)c1CCCC(=O)C(C)C. The van der Waals surface area contributed by atoms with Gasteiger partial charge < -0.3 is 4.74 Å². The molecule has 20 heavy (non-hydrogen) atoms. The van der Waals surface area contributed by atoms with Crippen LogP contribution in [0.25, 0.3) is 0 Å². The summed E-state index contributed by atoms with van der Waals surface area (Å²) < 4.78 is 5.77. The average Bonchev–Trinajstić information content (AvgIpc) is 2.38. The van der Waals surface area contributed by atoms with Gasteiger partial charge in [-0.2, -0.15) is 0 Å². The monoisotopic (exact) mass is 296 g/mol. The van der Waals surface area contributed by atoms with E-state index in [1.807, 2.05) is 40.7 Å². The first-order chi connectivity index (χ1) is 9.38. The van der Waals surface area contributed by atoms with Crippen LogP contribution in [-0.2, 0) is 11.2 Å². The van der Waals surface area contributed by atoms with Gasteiger partial charge in [0, 0.05) is 17.4 Å². The maximum Gasteiger partial charge on any atom is 0.135 e. The third-order valence-electron chi connectivity index (χ3n) is 3.57. The maximum atomic E-state index is 11.7. The van der Waals surface area contributed by atoms with Crippen molar-refractivity contribution in [3.8, 4) is 5.75 Å². The van der Waals surface area contributed by atoms with E-state index in [0.29, 0.717) is 18.8 Å². The highest BCUT2D eigenvalue weighted by molar-refractivity contribution is 6.31. The standard InChI is InChI=1S/C17H25ClO2/c1-6-20-17-12(4)10-15(18)13(5)14(17)8-7-9-16(19)11(2)3/h10-11H,6-9H2,1-5H3. The third kappa shape index (κ3) is 4.24. The predicted molar refractivity (Wildman–Crippen MR) is 84.9 cm³/mol. The summed E-state index contributed by atoms with van der Waals surface area (Å²) in [7, 11) is 0. The Morgan fingerprint density at radius 3 is 2.55 bits per heavy atom. The zero-order valence-electron chi connectivity index (χ0n) is 13.2. The lowest BCUT2D eigenvalue weighted by Gasteiger charge is -2.17. The fraction of sp³-hybridized carbons (Fsp3) is 0.588. The minimum absolute atomic E-state index is 0.114. The molecule has 0 N–H and O–H groups in total. The smallest absolute Gasteiger partial charge is 0.135 e. The molecule has 0 aliphatic carbocycles. The molecule has 0 aliphatic rings. The van der Waals surface area contributed by atoms with Crippen molar-refractivity contribution in [2.45, 2.75) is 53.9 Å². The number of aryl methyl sites for hydroxylation is 1. The van der Waals surface area contributed by atoms with Gasteiger partial charge in [0.1, 0.15) is 11.5 Å². The summed E-state index contributed by atoms with van der Waals surface area (Å²) >= 11 is 6.26. The van der Waals surface area contributed by atoms with E-state index >= 15 is 0 Å². The first-order valence-corrected chi connectivity index (χ1v) is 7.70. The van der Waals surface area contributed by atoms with Crippen molar-refractivity contribution in [2.75, 3.05) is 6.61 Å². The van der Waals surface area contributed by atoms with Crippen molar-refractivity contribution >= 4 is 17.4 Å². The molecule has 0 aliphatic heterocycles. The highest BCUT2D eigenvalue weighted by Crippen LogP contribution is 2.33. The van der Waals surface area contributed by atoms with Crippen LogP contribution in [0.5, 0.6) is 5.75 Å². The molecular weight excluding hydrogens is 272 g/mol. The minimum Gasteiger partial charge on any atom is -0.493 e. The molecular formula is C17H25ClO2. The number of rotatable bonds is 7. The fourth-order valence-electron chi connectivity index (χ4n) is 2.29. The third-order valence-corrected chi connectivity index (χ3v) is 3.96. The maximum absolute atomic E-state index is 11.7. The Bertz CT molecular complexity index is 478. The van der Waals surface area contributed by atoms with Gasteiger partial charge in [0.15, 0.2) is 0 Å². The number of Topliss-reactive ketones (excluding diaryl/α,β-unsaturated/α-hetero) is 1. The van der Waals surface area contributed by atoms with Crippen LogP contribution in [0, 0.1) is 19.8 Å². The molecule has 3 heteroatoms. The van der Waals surface area contributed by atoms with E-state index in [1.165, 1.54) is 0 Å². The summed E-state index contributed by atoms with van der Waals surface area (Å²) in [6.07, 6.45) is 2.30. The topological polar surface area (TPSA) is 26.3 Å². The molecule has 112 valence electrons. The normalized spacial score (nSPS) is 10.9. The molecule has 0 saturated heterocycles. The molecule has 0 fully saturated rings. The van der Waals surface area contributed by atoms with Crippen molar-refractivity contribution in [3.05, 3.63) is 27.8 Å². The Kier molecular flexibility index (Phi) is 6.54. The van der Waals surface area contributed by atoms with Crippen molar-refractivity contribution in [1.29, 1.82) is 0 Å². The second-order valence-corrected chi connectivity index (χ2v) is 5.92. The highest BCUT2D eigenvalue weighted by Gasteiger charge is 2.14. The van der Waals surface area contributed by atoms with Crippen LogP contribution in [0.2, 0.25) is 5.02 Å². The number of ether oxygens (including phenoxy) is 1. The Balaban J connectivity index is 2.89. The Morgan fingerprint density at radius 1 is 1.35 bits per heavy atom. The average molecular weight is 297 g/mol. The molecule has 0 radical (unpaired) electrons. The number of hydrogen-bond acceptors (Lipinski definition) is 2. The van der Waals surface area contributed by atoms with Gasteiger partial charge in [-0.3, -0.25) is 4.79 Å². The van der Waals surface area contributed by atoms with Gasteiger partial charge in [0.05, 0.1) is 6.61 Å². The molecule has 0 atom stereocenters. The molecule has 0 spiro atoms. The number of hydrogen-bond donors (Lipinski definition) is 0. The molecule has 1 aromatic carbocycles. The lowest BCUT2D eigenvalue weighted by Crippen LogP contribution is -2.08. The highest BCUT2D eigenvalue weighted by atomic mass is 35.5. The van der Waals surface area contributed by atoms with E-state index in [1.54, 1.807) is 0 Å². The number of carbonyl (C=O) groups excluding carboxylic acids is 1. The van der Waals surface area contributed by atoms with Crippen LogP contribution in [0.3, 0.4) is 0 Å². The summed E-state index contributed by atoms with van der Waals surface area (Å²) in [6.45, 7) is 10.5. The lowest BCUT2D eigenvalue weighted by atomic mass is 9.96. The van der Waals surface area contributed by atoms with Crippen molar-refractivity contribution in [2.24, 2.45) is 5.92 Å². The van der Waals surface area contributed by atoms with Gasteiger partial charge >= 0.3 is 0 Å². The molecule has 0 saturated carbocycles. The number of ketones is 1. The second-order valence-electron chi connectivity index (χ2n) is 5.52. The van der Waals surface area contributed by atoms with E-state index in [2.05, 4.69) is 0 Å². The minimum atomic E-state index is 0.114. The van der Waals surface area contributed by atoms with Crippen molar-refractivity contribution in [3.63, 3.8) is 0 Å². The van der Waals surface area contributed by atoms with Gasteiger partial charge in [0.2, 0.25) is 0 Å². The van der Waals surface area contributed by atoms with Crippen LogP contribution >= 0.6 is 11.6 Å². The Hall–Kier alpha value is -1.02. The molecule has 1 rings (SSSR count). The van der Waals surface area contributed by atoms with E-state index in [9.17, 15) is 4.79 Å². The predicted octanol–water partition coefficient (Wildman–Crippen LogP) is 4.90. The second kappa shape index (κ2) is 7.68. The molecule has 1 aromatic rings. The van der Waals surface area contributed by atoms with Crippen LogP contribution in [0.4, 0.5) is 0 Å². The molecule has 0 aromatic heterocycles. The zero-order chi connectivity index (χ0) is 15.3. The van der Waals surface area contributed by atoms with Crippen LogP contribution in [0.15, 0.2) is 6.07 Å². The molecule has 0 bridgehead atoms. The summed E-state index contributed by atoms with van der Waals surface area (Å²) in [4.78, 5) is 11.7. The van der Waals surface area contributed by atoms with E-state index in [0.717, 1.165) is 40.3 Å². The summed E-state index contributed by atoms with van der Waals surface area (Å²) in [5.74, 6) is 1.37. The quantitative estimate of drug-likeness (QED) is 0.715. The van der Waals surface area contributed by atoms with Crippen LogP contribution in [0.1, 0.15) is 50.3 Å². The summed E-state index contributed by atoms with van der Waals surface area (Å²) in [5, 5.41) is 0.774. The van der Waals surface area contributed by atoms with E-state index < -0.39 is 0 Å². The first-order valence-electron chi connectivity index (χ1n) is 7.32.